The topological polar surface area (TPSA) is 88.4 Å². The highest BCUT2D eigenvalue weighted by molar-refractivity contribution is 5.91. The van der Waals surface area contributed by atoms with Crippen LogP contribution in [0.5, 0.6) is 0 Å². The van der Waals surface area contributed by atoms with E-state index >= 15 is 0 Å². The Bertz CT molecular complexity index is 563. The summed E-state index contributed by atoms with van der Waals surface area (Å²) in [4.78, 5) is 28.5. The molecule has 2 heterocycles. The molecule has 2 fully saturated rings. The molecule has 7 nitrogen and oxygen atoms in total. The number of anilines is 1. The highest BCUT2D eigenvalue weighted by Crippen LogP contribution is 2.37. The maximum Gasteiger partial charge on any atom is 0.322 e. The van der Waals surface area contributed by atoms with Gasteiger partial charge in [0.2, 0.25) is 0 Å². The minimum absolute atomic E-state index is 0.175. The summed E-state index contributed by atoms with van der Waals surface area (Å²) in [6.07, 6.45) is 8.17. The Kier molecular flexibility index (Phi) is 3.72. The number of rotatable bonds is 2. The molecule has 1 aromatic heterocycles. The van der Waals surface area contributed by atoms with Crippen LogP contribution in [-0.2, 0) is 0 Å². The number of nitro groups is 1. The highest BCUT2D eigenvalue weighted by Gasteiger charge is 2.37. The standard InChI is InChI=1S/C14H18N4O3/c19-14(16-11-6-7-15-9-13(11)18(20)21)17-8-2-4-10-3-1-5-12(10)17/h6-7,9-10,12H,1-5,8H2,(H,15,16,19)/t10-,12+/m1/s1. The van der Waals surface area contributed by atoms with E-state index in [-0.39, 0.29) is 17.4 Å². The largest absolute Gasteiger partial charge is 0.322 e. The fraction of sp³-hybridized carbons (Fsp3) is 0.571. The summed E-state index contributed by atoms with van der Waals surface area (Å²) in [6, 6.07) is 1.52. The van der Waals surface area contributed by atoms with E-state index < -0.39 is 4.92 Å². The van der Waals surface area contributed by atoms with Gasteiger partial charge in [-0.3, -0.25) is 15.1 Å². The quantitative estimate of drug-likeness (QED) is 0.670. The molecular weight excluding hydrogens is 272 g/mol. The number of pyridine rings is 1. The number of amides is 2. The molecular formula is C14H18N4O3. The molecule has 1 aliphatic heterocycles. The van der Waals surface area contributed by atoms with Gasteiger partial charge in [-0.2, -0.15) is 0 Å². The Balaban J connectivity index is 1.76. The lowest BCUT2D eigenvalue weighted by atomic mass is 9.92. The molecule has 1 saturated heterocycles. The molecule has 2 aliphatic rings. The predicted octanol–water partition coefficient (Wildman–Crippen LogP) is 2.79. The van der Waals surface area contributed by atoms with Crippen molar-refractivity contribution >= 4 is 17.4 Å². The normalized spacial score (nSPS) is 24.5. The van der Waals surface area contributed by atoms with Gasteiger partial charge in [-0.25, -0.2) is 4.79 Å². The molecule has 0 bridgehead atoms. The molecule has 2 atom stereocenters. The van der Waals surface area contributed by atoms with Gasteiger partial charge in [0.15, 0.2) is 0 Å². The van der Waals surface area contributed by atoms with Crippen LogP contribution in [0, 0.1) is 16.0 Å². The van der Waals surface area contributed by atoms with Crippen LogP contribution in [0.1, 0.15) is 32.1 Å². The van der Waals surface area contributed by atoms with Gasteiger partial charge < -0.3 is 10.2 Å². The molecule has 1 aliphatic carbocycles. The lowest BCUT2D eigenvalue weighted by Crippen LogP contribution is -2.48. The average molecular weight is 290 g/mol. The zero-order valence-corrected chi connectivity index (χ0v) is 11.7. The zero-order valence-electron chi connectivity index (χ0n) is 11.7. The third-order valence-corrected chi connectivity index (χ3v) is 4.49. The monoisotopic (exact) mass is 290 g/mol. The van der Waals surface area contributed by atoms with Crippen molar-refractivity contribution in [1.82, 2.24) is 9.88 Å². The first-order valence-corrected chi connectivity index (χ1v) is 7.33. The van der Waals surface area contributed by atoms with E-state index in [1.807, 2.05) is 4.90 Å². The summed E-state index contributed by atoms with van der Waals surface area (Å²) in [5.41, 5.74) is 0.0333. The number of urea groups is 1. The predicted molar refractivity (Wildman–Crippen MR) is 77.0 cm³/mol. The van der Waals surface area contributed by atoms with Crippen molar-refractivity contribution in [3.63, 3.8) is 0 Å². The number of aromatic nitrogens is 1. The summed E-state index contributed by atoms with van der Waals surface area (Å²) in [7, 11) is 0. The van der Waals surface area contributed by atoms with Gasteiger partial charge in [0, 0.05) is 18.8 Å². The maximum atomic E-state index is 12.5. The molecule has 1 saturated carbocycles. The molecule has 0 unspecified atom stereocenters. The molecule has 0 spiro atoms. The summed E-state index contributed by atoms with van der Waals surface area (Å²) in [5.74, 6) is 0.594. The van der Waals surface area contributed by atoms with E-state index in [9.17, 15) is 14.9 Å². The molecule has 7 heteroatoms. The van der Waals surface area contributed by atoms with Crippen molar-refractivity contribution in [2.24, 2.45) is 5.92 Å². The fourth-order valence-electron chi connectivity index (χ4n) is 3.53. The van der Waals surface area contributed by atoms with E-state index in [1.54, 1.807) is 0 Å². The van der Waals surface area contributed by atoms with Crippen LogP contribution < -0.4 is 5.32 Å². The Morgan fingerprint density at radius 1 is 1.38 bits per heavy atom. The number of nitrogens with zero attached hydrogens (tertiary/aromatic N) is 3. The van der Waals surface area contributed by atoms with Crippen LogP contribution in [0.15, 0.2) is 18.5 Å². The SMILES string of the molecule is O=C(Nc1ccncc1[N+](=O)[O-])N1CCC[C@H]2CCC[C@@H]21. The first-order valence-electron chi connectivity index (χ1n) is 7.33. The third kappa shape index (κ3) is 2.68. The number of hydrogen-bond acceptors (Lipinski definition) is 4. The number of nitrogens with one attached hydrogen (secondary N) is 1. The number of likely N-dealkylation sites (tertiary alicyclic amines) is 1. The smallest absolute Gasteiger partial charge is 0.321 e. The van der Waals surface area contributed by atoms with Gasteiger partial charge in [0.1, 0.15) is 11.9 Å². The molecule has 3 rings (SSSR count). The van der Waals surface area contributed by atoms with Crippen LogP contribution in [0.25, 0.3) is 0 Å². The Morgan fingerprint density at radius 3 is 3.00 bits per heavy atom. The summed E-state index contributed by atoms with van der Waals surface area (Å²) < 4.78 is 0. The average Bonchev–Trinajstić information content (AvgIpc) is 2.95. The second-order valence-electron chi connectivity index (χ2n) is 5.67. The van der Waals surface area contributed by atoms with E-state index in [4.69, 9.17) is 0 Å². The van der Waals surface area contributed by atoms with E-state index in [1.165, 1.54) is 25.1 Å². The molecule has 112 valence electrons. The number of hydrogen-bond donors (Lipinski definition) is 1. The van der Waals surface area contributed by atoms with Gasteiger partial charge in [0.25, 0.3) is 0 Å². The fourth-order valence-corrected chi connectivity index (χ4v) is 3.53. The van der Waals surface area contributed by atoms with Gasteiger partial charge in [0.05, 0.1) is 4.92 Å². The van der Waals surface area contributed by atoms with Crippen LogP contribution >= 0.6 is 0 Å². The molecule has 1 aromatic rings. The minimum atomic E-state index is -0.531. The lowest BCUT2D eigenvalue weighted by Gasteiger charge is -2.37. The summed E-state index contributed by atoms with van der Waals surface area (Å²) in [5, 5.41) is 13.6. The Morgan fingerprint density at radius 2 is 2.19 bits per heavy atom. The van der Waals surface area contributed by atoms with Crippen LogP contribution in [0.2, 0.25) is 0 Å². The van der Waals surface area contributed by atoms with Crippen LogP contribution in [0.3, 0.4) is 0 Å². The molecule has 0 radical (unpaired) electrons. The van der Waals surface area contributed by atoms with Crippen molar-refractivity contribution in [2.45, 2.75) is 38.1 Å². The van der Waals surface area contributed by atoms with E-state index in [2.05, 4.69) is 10.3 Å². The maximum absolute atomic E-state index is 12.5. The lowest BCUT2D eigenvalue weighted by molar-refractivity contribution is -0.384. The van der Waals surface area contributed by atoms with Gasteiger partial charge in [-0.15, -0.1) is 0 Å². The number of carbonyl (C=O) groups excluding carboxylic acids is 1. The highest BCUT2D eigenvalue weighted by atomic mass is 16.6. The van der Waals surface area contributed by atoms with Gasteiger partial charge >= 0.3 is 11.7 Å². The number of fused-ring (bicyclic) bond motifs is 1. The molecule has 2 amide bonds. The molecule has 21 heavy (non-hydrogen) atoms. The Labute approximate surface area is 122 Å². The molecule has 1 N–H and O–H groups in total. The van der Waals surface area contributed by atoms with Gasteiger partial charge in [-0.1, -0.05) is 6.42 Å². The van der Waals surface area contributed by atoms with E-state index in [0.717, 1.165) is 32.0 Å². The molecule has 0 aromatic carbocycles. The van der Waals surface area contributed by atoms with Crippen molar-refractivity contribution in [1.29, 1.82) is 0 Å². The second-order valence-corrected chi connectivity index (χ2v) is 5.67. The second kappa shape index (κ2) is 5.67. The number of piperidine rings is 1. The van der Waals surface area contributed by atoms with E-state index in [0.29, 0.717) is 12.0 Å². The number of carbonyl (C=O) groups is 1. The van der Waals surface area contributed by atoms with Crippen molar-refractivity contribution in [3.8, 4) is 0 Å². The first-order chi connectivity index (χ1) is 10.2. The van der Waals surface area contributed by atoms with Crippen molar-refractivity contribution in [2.75, 3.05) is 11.9 Å². The summed E-state index contributed by atoms with van der Waals surface area (Å²) in [6.45, 7) is 0.728. The van der Waals surface area contributed by atoms with Crippen molar-refractivity contribution < 1.29 is 9.72 Å². The third-order valence-electron chi connectivity index (χ3n) is 4.49. The minimum Gasteiger partial charge on any atom is -0.321 e. The van der Waals surface area contributed by atoms with Crippen molar-refractivity contribution in [3.05, 3.63) is 28.6 Å². The Hall–Kier alpha value is -2.18. The van der Waals surface area contributed by atoms with Crippen LogP contribution in [-0.4, -0.2) is 33.4 Å². The zero-order chi connectivity index (χ0) is 14.8. The van der Waals surface area contributed by atoms with Crippen LogP contribution in [0.4, 0.5) is 16.2 Å². The first kappa shape index (κ1) is 13.8. The summed E-state index contributed by atoms with van der Waals surface area (Å²) >= 11 is 0. The van der Waals surface area contributed by atoms with Gasteiger partial charge in [-0.05, 0) is 37.7 Å².